The number of benzene rings is 1. The van der Waals surface area contributed by atoms with E-state index in [1.807, 2.05) is 6.07 Å². The third kappa shape index (κ3) is 4.71. The zero-order valence-electron chi connectivity index (χ0n) is 18.4. The Morgan fingerprint density at radius 1 is 1.12 bits per heavy atom. The Labute approximate surface area is 204 Å². The summed E-state index contributed by atoms with van der Waals surface area (Å²) >= 11 is 7.26. The summed E-state index contributed by atoms with van der Waals surface area (Å²) in [5.41, 5.74) is 3.03. The second kappa shape index (κ2) is 10.1. The van der Waals surface area contributed by atoms with Gasteiger partial charge in [0.1, 0.15) is 11.5 Å². The smallest absolute Gasteiger partial charge is 0.197 e. The van der Waals surface area contributed by atoms with Gasteiger partial charge in [0, 0.05) is 22.5 Å². The molecule has 1 unspecified atom stereocenters. The van der Waals surface area contributed by atoms with Gasteiger partial charge in [0.15, 0.2) is 11.6 Å². The number of tetrazole rings is 1. The van der Waals surface area contributed by atoms with Gasteiger partial charge in [-0.3, -0.25) is 4.57 Å². The summed E-state index contributed by atoms with van der Waals surface area (Å²) in [6.07, 6.45) is 4.23. The standard InChI is InChI=1S/C22H26Br2N8/c1-4-6-7-19-25-22(14(3)5-2)31(28-19)13-15-8-10-16(11-9-15)32-18(24)12-17(23)20(32)21-26-29-30-27-21/h8-12,14H,4-7,13H2,1-3H3,(H,26,27,29,30). The molecule has 0 amide bonds. The molecule has 4 aromatic rings. The lowest BCUT2D eigenvalue weighted by atomic mass is 10.1. The van der Waals surface area contributed by atoms with Crippen molar-refractivity contribution in [2.24, 2.45) is 0 Å². The molecule has 1 N–H and O–H groups in total. The van der Waals surface area contributed by atoms with Crippen LogP contribution in [0.4, 0.5) is 0 Å². The number of hydrogen-bond acceptors (Lipinski definition) is 5. The Morgan fingerprint density at radius 3 is 2.56 bits per heavy atom. The number of aryl methyl sites for hydroxylation is 1. The largest absolute Gasteiger partial charge is 0.300 e. The molecule has 3 heterocycles. The van der Waals surface area contributed by atoms with Crippen LogP contribution in [-0.4, -0.2) is 40.0 Å². The molecule has 1 atom stereocenters. The molecule has 0 fully saturated rings. The van der Waals surface area contributed by atoms with Crippen LogP contribution < -0.4 is 0 Å². The van der Waals surface area contributed by atoms with Crippen molar-refractivity contribution in [3.63, 3.8) is 0 Å². The second-order valence-electron chi connectivity index (χ2n) is 7.87. The quantitative estimate of drug-likeness (QED) is 0.284. The summed E-state index contributed by atoms with van der Waals surface area (Å²) in [6, 6.07) is 10.4. The Hall–Kier alpha value is -2.33. The lowest BCUT2D eigenvalue weighted by Crippen LogP contribution is -2.09. The molecule has 0 spiro atoms. The molecule has 0 bridgehead atoms. The van der Waals surface area contributed by atoms with Crippen LogP contribution in [0.1, 0.15) is 63.2 Å². The minimum absolute atomic E-state index is 0.378. The lowest BCUT2D eigenvalue weighted by Gasteiger charge is -2.12. The monoisotopic (exact) mass is 560 g/mol. The third-order valence-electron chi connectivity index (χ3n) is 5.56. The van der Waals surface area contributed by atoms with Crippen molar-refractivity contribution in [3.8, 4) is 17.2 Å². The van der Waals surface area contributed by atoms with E-state index in [1.165, 1.54) is 5.56 Å². The number of hydrogen-bond donors (Lipinski definition) is 1. The van der Waals surface area contributed by atoms with Gasteiger partial charge in [-0.25, -0.2) is 14.8 Å². The van der Waals surface area contributed by atoms with Crippen molar-refractivity contribution in [3.05, 3.63) is 56.6 Å². The minimum atomic E-state index is 0.378. The van der Waals surface area contributed by atoms with Crippen LogP contribution in [0, 0.1) is 0 Å². The summed E-state index contributed by atoms with van der Waals surface area (Å²) < 4.78 is 5.92. The molecule has 10 heteroatoms. The normalized spacial score (nSPS) is 12.4. The van der Waals surface area contributed by atoms with E-state index in [-0.39, 0.29) is 0 Å². The molecule has 0 aliphatic carbocycles. The Kier molecular flexibility index (Phi) is 7.20. The highest BCUT2D eigenvalue weighted by molar-refractivity contribution is 9.11. The van der Waals surface area contributed by atoms with E-state index in [0.717, 1.165) is 57.8 Å². The molecule has 0 aliphatic heterocycles. The van der Waals surface area contributed by atoms with Gasteiger partial charge in [0.25, 0.3) is 0 Å². The van der Waals surface area contributed by atoms with E-state index in [9.17, 15) is 0 Å². The van der Waals surface area contributed by atoms with E-state index in [1.54, 1.807) is 0 Å². The van der Waals surface area contributed by atoms with Crippen LogP contribution in [0.2, 0.25) is 0 Å². The first-order valence-electron chi connectivity index (χ1n) is 10.9. The molecule has 0 saturated heterocycles. The highest BCUT2D eigenvalue weighted by Crippen LogP contribution is 2.35. The molecular formula is C22H26Br2N8. The number of nitrogens with one attached hydrogen (secondary N) is 1. The van der Waals surface area contributed by atoms with E-state index in [0.29, 0.717) is 18.3 Å². The number of rotatable bonds is 9. The molecule has 1 aromatic carbocycles. The zero-order valence-corrected chi connectivity index (χ0v) is 21.6. The molecule has 0 saturated carbocycles. The van der Waals surface area contributed by atoms with Crippen molar-refractivity contribution in [1.29, 1.82) is 0 Å². The summed E-state index contributed by atoms with van der Waals surface area (Å²) in [6.45, 7) is 7.31. The zero-order chi connectivity index (χ0) is 22.7. The van der Waals surface area contributed by atoms with Gasteiger partial charge in [-0.2, -0.15) is 5.10 Å². The summed E-state index contributed by atoms with van der Waals surface area (Å²) in [5.74, 6) is 2.99. The van der Waals surface area contributed by atoms with E-state index < -0.39 is 0 Å². The molecule has 0 radical (unpaired) electrons. The first-order chi connectivity index (χ1) is 15.5. The number of H-pyrrole nitrogens is 1. The first-order valence-corrected chi connectivity index (χ1v) is 12.4. The highest BCUT2D eigenvalue weighted by atomic mass is 79.9. The topological polar surface area (TPSA) is 90.1 Å². The molecule has 32 heavy (non-hydrogen) atoms. The number of aromatic amines is 1. The molecule has 0 aliphatic rings. The van der Waals surface area contributed by atoms with Crippen LogP contribution in [0.3, 0.4) is 0 Å². The predicted molar refractivity (Wildman–Crippen MR) is 131 cm³/mol. The van der Waals surface area contributed by atoms with Crippen molar-refractivity contribution >= 4 is 31.9 Å². The number of aromatic nitrogens is 8. The van der Waals surface area contributed by atoms with Gasteiger partial charge in [-0.1, -0.05) is 39.3 Å². The first kappa shape index (κ1) is 22.8. The molecule has 3 aromatic heterocycles. The third-order valence-corrected chi connectivity index (χ3v) is 6.75. The molecular weight excluding hydrogens is 536 g/mol. The van der Waals surface area contributed by atoms with Gasteiger partial charge in [-0.15, -0.1) is 5.10 Å². The van der Waals surface area contributed by atoms with Crippen molar-refractivity contribution in [1.82, 2.24) is 40.0 Å². The number of nitrogens with zero attached hydrogens (tertiary/aromatic N) is 7. The maximum absolute atomic E-state index is 4.85. The Morgan fingerprint density at radius 2 is 1.91 bits per heavy atom. The van der Waals surface area contributed by atoms with Crippen LogP contribution >= 0.6 is 31.9 Å². The fourth-order valence-electron chi connectivity index (χ4n) is 3.61. The fourth-order valence-corrected chi connectivity index (χ4v) is 5.11. The minimum Gasteiger partial charge on any atom is -0.300 e. The maximum atomic E-state index is 4.85. The average molecular weight is 562 g/mol. The fraction of sp³-hybridized carbons (Fsp3) is 0.409. The van der Waals surface area contributed by atoms with Crippen molar-refractivity contribution in [2.75, 3.05) is 0 Å². The summed E-state index contributed by atoms with van der Waals surface area (Å²) in [4.78, 5) is 4.85. The summed E-state index contributed by atoms with van der Waals surface area (Å²) in [7, 11) is 0. The van der Waals surface area contributed by atoms with Gasteiger partial charge < -0.3 is 0 Å². The second-order valence-corrected chi connectivity index (χ2v) is 9.54. The van der Waals surface area contributed by atoms with E-state index in [2.05, 4.69) is 107 Å². The molecule has 4 rings (SSSR count). The number of unbranched alkanes of at least 4 members (excludes halogenated alkanes) is 1. The van der Waals surface area contributed by atoms with Gasteiger partial charge in [-0.05, 0) is 78.9 Å². The van der Waals surface area contributed by atoms with Crippen molar-refractivity contribution < 1.29 is 0 Å². The maximum Gasteiger partial charge on any atom is 0.197 e. The van der Waals surface area contributed by atoms with E-state index >= 15 is 0 Å². The highest BCUT2D eigenvalue weighted by Gasteiger charge is 2.19. The predicted octanol–water partition coefficient (Wildman–Crippen LogP) is 5.68. The van der Waals surface area contributed by atoms with Crippen molar-refractivity contribution in [2.45, 2.75) is 58.9 Å². The van der Waals surface area contributed by atoms with Gasteiger partial charge in [0.05, 0.1) is 11.1 Å². The molecule has 8 nitrogen and oxygen atoms in total. The van der Waals surface area contributed by atoms with Gasteiger partial charge >= 0.3 is 0 Å². The van der Waals surface area contributed by atoms with Crippen LogP contribution in [-0.2, 0) is 13.0 Å². The number of halogens is 2. The lowest BCUT2D eigenvalue weighted by molar-refractivity contribution is 0.574. The van der Waals surface area contributed by atoms with Crippen LogP contribution in [0.25, 0.3) is 17.2 Å². The Balaban J connectivity index is 1.62. The van der Waals surface area contributed by atoms with Gasteiger partial charge in [0.2, 0.25) is 0 Å². The average Bonchev–Trinajstić information content (AvgIpc) is 3.51. The van der Waals surface area contributed by atoms with E-state index in [4.69, 9.17) is 10.1 Å². The summed E-state index contributed by atoms with van der Waals surface area (Å²) in [5, 5.41) is 19.1. The van der Waals surface area contributed by atoms with Crippen LogP contribution in [0.15, 0.2) is 39.4 Å². The SMILES string of the molecule is CCCCc1nc(C(C)CC)n(Cc2ccc(-n3c(Br)cc(Br)c3-c3nnn[nH]3)cc2)n1. The molecule has 168 valence electrons. The Bertz CT molecular complexity index is 1160. The van der Waals surface area contributed by atoms with Crippen LogP contribution in [0.5, 0.6) is 0 Å².